The molecule has 0 bridgehead atoms. The molecule has 0 fully saturated rings. The van der Waals surface area contributed by atoms with Gasteiger partial charge in [-0.3, -0.25) is 9.59 Å². The van der Waals surface area contributed by atoms with Crippen LogP contribution in [0.1, 0.15) is 28.8 Å². The summed E-state index contributed by atoms with van der Waals surface area (Å²) in [6, 6.07) is 6.87. The number of hydrogen-bond acceptors (Lipinski definition) is 9. The average molecular weight is 537 g/mol. The summed E-state index contributed by atoms with van der Waals surface area (Å²) in [4.78, 5) is 33.9. The Hall–Kier alpha value is -2.85. The third kappa shape index (κ3) is 19.3. The molecule has 1 rings (SSSR count). The van der Waals surface area contributed by atoms with Crippen molar-refractivity contribution >= 4 is 18.1 Å². The Morgan fingerprint density at radius 3 is 1.84 bits per heavy atom. The van der Waals surface area contributed by atoms with Crippen molar-refractivity contribution in [1.82, 2.24) is 10.6 Å². The van der Waals surface area contributed by atoms with Gasteiger partial charge in [-0.15, -0.1) is 6.42 Å². The van der Waals surface area contributed by atoms with Crippen LogP contribution in [0.15, 0.2) is 24.3 Å². The van der Waals surface area contributed by atoms with E-state index >= 15 is 0 Å². The molecule has 11 nitrogen and oxygen atoms in total. The molecule has 2 N–H and O–H groups in total. The second kappa shape index (κ2) is 24.5. The fraction of sp³-hybridized carbons (Fsp3) is 0.593. The summed E-state index contributed by atoms with van der Waals surface area (Å²) in [6.07, 6.45) is 6.81. The molecule has 0 aliphatic rings. The number of hydrogen-bond donors (Lipinski definition) is 2. The average Bonchev–Trinajstić information content (AvgIpc) is 2.94. The highest BCUT2D eigenvalue weighted by atomic mass is 16.5. The molecular weight excluding hydrogens is 496 g/mol. The first-order valence-electron chi connectivity index (χ1n) is 12.7. The lowest BCUT2D eigenvalue weighted by molar-refractivity contribution is -0.122. The molecule has 0 unspecified atom stereocenters. The minimum Gasteiger partial charge on any atom is -0.379 e. The first kappa shape index (κ1) is 33.2. The normalized spacial score (nSPS) is 10.6. The second-order valence-electron chi connectivity index (χ2n) is 7.71. The molecule has 0 aromatic heterocycles. The number of ether oxygens (including phenoxy) is 6. The highest BCUT2D eigenvalue weighted by Crippen LogP contribution is 2.03. The van der Waals surface area contributed by atoms with Gasteiger partial charge in [-0.25, -0.2) is 0 Å². The zero-order chi connectivity index (χ0) is 27.5. The van der Waals surface area contributed by atoms with Gasteiger partial charge in [-0.1, -0.05) is 12.0 Å². The van der Waals surface area contributed by atoms with E-state index in [2.05, 4.69) is 16.6 Å². The van der Waals surface area contributed by atoms with Crippen molar-refractivity contribution in [3.8, 4) is 12.3 Å². The van der Waals surface area contributed by atoms with Crippen molar-refractivity contribution in [1.29, 1.82) is 0 Å². The minimum absolute atomic E-state index is 0.109. The molecule has 1 aromatic rings. The van der Waals surface area contributed by atoms with Gasteiger partial charge in [0.2, 0.25) is 5.91 Å². The standard InChI is InChI=1S/C27H40N2O9/c1-2-24-5-3-6-25(23-24)27(32)29-9-14-36-18-22-38-20-16-34-12-7-26(31)28-8-13-35-17-21-37-19-15-33-11-4-10-30/h1,3,5-6,10,23H,4,7-9,11-22H2,(H,28,31)(H,29,32). The number of aldehydes is 1. The Labute approximate surface area is 224 Å². The highest BCUT2D eigenvalue weighted by molar-refractivity contribution is 5.94. The smallest absolute Gasteiger partial charge is 0.251 e. The van der Waals surface area contributed by atoms with Crippen molar-refractivity contribution in [2.45, 2.75) is 12.8 Å². The first-order chi connectivity index (χ1) is 18.7. The molecule has 0 saturated heterocycles. The van der Waals surface area contributed by atoms with Crippen molar-refractivity contribution < 1.29 is 42.8 Å². The predicted octanol–water partition coefficient (Wildman–Crippen LogP) is 0.593. The number of rotatable bonds is 25. The minimum atomic E-state index is -0.200. The van der Waals surface area contributed by atoms with Crippen LogP contribution in [0.3, 0.4) is 0 Å². The summed E-state index contributed by atoms with van der Waals surface area (Å²) in [6.45, 7) is 5.62. The highest BCUT2D eigenvalue weighted by Gasteiger charge is 2.05. The molecule has 0 radical (unpaired) electrons. The number of carbonyl (C=O) groups is 3. The monoisotopic (exact) mass is 536 g/mol. The van der Waals surface area contributed by atoms with E-state index in [4.69, 9.17) is 34.8 Å². The lowest BCUT2D eigenvalue weighted by Gasteiger charge is -2.09. The van der Waals surface area contributed by atoms with E-state index in [-0.39, 0.29) is 18.2 Å². The van der Waals surface area contributed by atoms with Crippen LogP contribution < -0.4 is 10.6 Å². The molecule has 0 aliphatic carbocycles. The summed E-state index contributed by atoms with van der Waals surface area (Å²) >= 11 is 0. The molecule has 1 aromatic carbocycles. The predicted molar refractivity (Wildman–Crippen MR) is 140 cm³/mol. The molecule has 0 atom stereocenters. The van der Waals surface area contributed by atoms with Crippen LogP contribution in [-0.2, 0) is 38.0 Å². The zero-order valence-corrected chi connectivity index (χ0v) is 22.0. The molecule has 0 spiro atoms. The third-order valence-electron chi connectivity index (χ3n) is 4.73. The third-order valence-corrected chi connectivity index (χ3v) is 4.73. The Kier molecular flexibility index (Phi) is 21.4. The van der Waals surface area contributed by atoms with Crippen LogP contribution in [0.25, 0.3) is 0 Å². The Balaban J connectivity index is 1.79. The van der Waals surface area contributed by atoms with Crippen LogP contribution in [0, 0.1) is 12.3 Å². The molecule has 0 aliphatic heterocycles. The Morgan fingerprint density at radius 2 is 1.26 bits per heavy atom. The van der Waals surface area contributed by atoms with E-state index in [1.807, 2.05) is 0 Å². The molecule has 212 valence electrons. The largest absolute Gasteiger partial charge is 0.379 e. The maximum absolute atomic E-state index is 12.0. The lowest BCUT2D eigenvalue weighted by Crippen LogP contribution is -2.28. The van der Waals surface area contributed by atoms with Crippen LogP contribution in [0.2, 0.25) is 0 Å². The quantitative estimate of drug-likeness (QED) is 0.105. The zero-order valence-electron chi connectivity index (χ0n) is 22.0. The number of nitrogens with one attached hydrogen (secondary N) is 2. The number of terminal acetylenes is 1. The molecule has 0 saturated carbocycles. The fourth-order valence-corrected chi connectivity index (χ4v) is 2.82. The summed E-state index contributed by atoms with van der Waals surface area (Å²) in [5.41, 5.74) is 1.17. The van der Waals surface area contributed by atoms with Crippen LogP contribution in [0.4, 0.5) is 0 Å². The van der Waals surface area contributed by atoms with E-state index in [0.29, 0.717) is 110 Å². The van der Waals surface area contributed by atoms with Gasteiger partial charge in [-0.05, 0) is 18.2 Å². The number of benzene rings is 1. The Morgan fingerprint density at radius 1 is 0.737 bits per heavy atom. The van der Waals surface area contributed by atoms with Gasteiger partial charge < -0.3 is 43.8 Å². The second-order valence-corrected chi connectivity index (χ2v) is 7.71. The van der Waals surface area contributed by atoms with E-state index in [1.54, 1.807) is 24.3 Å². The summed E-state index contributed by atoms with van der Waals surface area (Å²) in [5.74, 6) is 2.19. The van der Waals surface area contributed by atoms with Gasteiger partial charge in [0, 0.05) is 37.1 Å². The van der Waals surface area contributed by atoms with Crippen molar-refractivity contribution in [2.75, 3.05) is 92.4 Å². The lowest BCUT2D eigenvalue weighted by atomic mass is 10.1. The molecule has 2 amide bonds. The van der Waals surface area contributed by atoms with E-state index < -0.39 is 0 Å². The van der Waals surface area contributed by atoms with Crippen molar-refractivity contribution in [2.24, 2.45) is 0 Å². The molecule has 0 heterocycles. The van der Waals surface area contributed by atoms with Gasteiger partial charge in [0.25, 0.3) is 5.91 Å². The van der Waals surface area contributed by atoms with Gasteiger partial charge in [0.1, 0.15) is 6.29 Å². The van der Waals surface area contributed by atoms with E-state index in [0.717, 1.165) is 6.29 Å². The van der Waals surface area contributed by atoms with Crippen molar-refractivity contribution in [3.63, 3.8) is 0 Å². The topological polar surface area (TPSA) is 131 Å². The first-order valence-corrected chi connectivity index (χ1v) is 12.7. The van der Waals surface area contributed by atoms with Gasteiger partial charge in [0.15, 0.2) is 0 Å². The van der Waals surface area contributed by atoms with Crippen LogP contribution in [0.5, 0.6) is 0 Å². The van der Waals surface area contributed by atoms with Crippen LogP contribution >= 0.6 is 0 Å². The molecular formula is C27H40N2O9. The summed E-state index contributed by atoms with van der Waals surface area (Å²) in [7, 11) is 0. The number of amides is 2. The summed E-state index contributed by atoms with van der Waals surface area (Å²) < 4.78 is 32.1. The fourth-order valence-electron chi connectivity index (χ4n) is 2.82. The van der Waals surface area contributed by atoms with E-state index in [1.165, 1.54) is 0 Å². The Bertz CT molecular complexity index is 814. The number of carbonyl (C=O) groups excluding carboxylic acids is 3. The van der Waals surface area contributed by atoms with Gasteiger partial charge in [-0.2, -0.15) is 0 Å². The molecule has 38 heavy (non-hydrogen) atoms. The summed E-state index contributed by atoms with van der Waals surface area (Å²) in [5, 5.41) is 5.52. The van der Waals surface area contributed by atoms with Gasteiger partial charge in [0.05, 0.1) is 79.3 Å². The molecule has 11 heteroatoms. The van der Waals surface area contributed by atoms with Crippen LogP contribution in [-0.4, -0.2) is 110 Å². The maximum Gasteiger partial charge on any atom is 0.251 e. The SMILES string of the molecule is C#Cc1cccc(C(=O)NCCOCCOCCOCCC(=O)NCCOCCOCCOCCC=O)c1. The van der Waals surface area contributed by atoms with E-state index in [9.17, 15) is 14.4 Å². The maximum atomic E-state index is 12.0. The van der Waals surface area contributed by atoms with Gasteiger partial charge >= 0.3 is 0 Å². The van der Waals surface area contributed by atoms with Crippen molar-refractivity contribution in [3.05, 3.63) is 35.4 Å².